The molecule has 6 heteroatoms. The largest absolute Gasteiger partial charge is 0.497 e. The molecule has 0 bridgehead atoms. The van der Waals surface area contributed by atoms with Gasteiger partial charge in [0, 0.05) is 6.54 Å². The molecule has 0 aromatic heterocycles. The van der Waals surface area contributed by atoms with Gasteiger partial charge in [0.2, 0.25) is 5.91 Å². The molecule has 126 valence electrons. The number of methoxy groups -OCH3 is 1. The van der Waals surface area contributed by atoms with Gasteiger partial charge < -0.3 is 14.4 Å². The monoisotopic (exact) mass is 337 g/mol. The van der Waals surface area contributed by atoms with Crippen LogP contribution in [0.25, 0.3) is 0 Å². The van der Waals surface area contributed by atoms with Crippen LogP contribution in [0.5, 0.6) is 5.75 Å². The number of esters is 1. The van der Waals surface area contributed by atoms with Crippen molar-refractivity contribution in [1.82, 2.24) is 4.90 Å². The summed E-state index contributed by atoms with van der Waals surface area (Å²) in [5.41, 5.74) is 0.497. The van der Waals surface area contributed by atoms with Crippen molar-refractivity contribution in [2.24, 2.45) is 0 Å². The van der Waals surface area contributed by atoms with Gasteiger partial charge in [-0.2, -0.15) is 0 Å². The van der Waals surface area contributed by atoms with E-state index in [9.17, 15) is 9.59 Å². The Morgan fingerprint density at radius 3 is 2.78 bits per heavy atom. The lowest BCUT2D eigenvalue weighted by atomic mass is 10.2. The zero-order valence-electron chi connectivity index (χ0n) is 14.0. The predicted molar refractivity (Wildman–Crippen MR) is 90.4 cm³/mol. The first-order valence-corrected chi connectivity index (χ1v) is 8.62. The van der Waals surface area contributed by atoms with Crippen LogP contribution in [0.15, 0.2) is 24.3 Å². The molecule has 1 atom stereocenters. The fourth-order valence-electron chi connectivity index (χ4n) is 2.37. The molecule has 0 aliphatic carbocycles. The summed E-state index contributed by atoms with van der Waals surface area (Å²) in [4.78, 5) is 25.8. The average molecular weight is 337 g/mol. The summed E-state index contributed by atoms with van der Waals surface area (Å²) < 4.78 is 10.5. The maximum Gasteiger partial charge on any atom is 0.308 e. The fourth-order valence-corrected chi connectivity index (χ4v) is 3.58. The van der Waals surface area contributed by atoms with Gasteiger partial charge in [0.25, 0.3) is 0 Å². The summed E-state index contributed by atoms with van der Waals surface area (Å²) in [6.07, 6.45) is 0.198. The number of benzene rings is 1. The van der Waals surface area contributed by atoms with E-state index in [1.54, 1.807) is 23.8 Å². The van der Waals surface area contributed by atoms with Crippen molar-refractivity contribution in [1.29, 1.82) is 0 Å². The topological polar surface area (TPSA) is 55.8 Å². The van der Waals surface area contributed by atoms with Gasteiger partial charge in [0.05, 0.1) is 19.3 Å². The van der Waals surface area contributed by atoms with Gasteiger partial charge in [-0.15, -0.1) is 11.8 Å². The Morgan fingerprint density at radius 1 is 1.39 bits per heavy atom. The summed E-state index contributed by atoms with van der Waals surface area (Å²) in [6, 6.07) is 7.68. The lowest BCUT2D eigenvalue weighted by Gasteiger charge is -2.25. The summed E-state index contributed by atoms with van der Waals surface area (Å²) in [5, 5.41) is -0.0833. The van der Waals surface area contributed by atoms with Crippen LogP contribution in [0, 0.1) is 0 Å². The molecule has 0 N–H and O–H groups in total. The molecule has 1 aromatic carbocycles. The highest BCUT2D eigenvalue weighted by atomic mass is 32.2. The Balaban J connectivity index is 2.03. The SMILES string of the molecule is COc1cccc(C2SCC(=O)N2CCC(=O)OC(C)(C)C)c1. The van der Waals surface area contributed by atoms with E-state index in [1.165, 1.54) is 0 Å². The highest BCUT2D eigenvalue weighted by Crippen LogP contribution is 2.39. The highest BCUT2D eigenvalue weighted by molar-refractivity contribution is 8.00. The first kappa shape index (κ1) is 17.7. The molecule has 1 unspecified atom stereocenters. The van der Waals surface area contributed by atoms with E-state index in [4.69, 9.17) is 9.47 Å². The Hall–Kier alpha value is -1.69. The van der Waals surface area contributed by atoms with Crippen LogP contribution in [0.1, 0.15) is 38.1 Å². The molecular weight excluding hydrogens is 314 g/mol. The second-order valence-electron chi connectivity index (χ2n) is 6.36. The first-order valence-electron chi connectivity index (χ1n) is 7.57. The number of ether oxygens (including phenoxy) is 2. The maximum atomic E-state index is 12.1. The molecule has 1 aliphatic heterocycles. The van der Waals surface area contributed by atoms with Crippen molar-refractivity contribution in [2.45, 2.75) is 38.2 Å². The molecule has 1 fully saturated rings. The third kappa shape index (κ3) is 4.89. The van der Waals surface area contributed by atoms with Crippen molar-refractivity contribution >= 4 is 23.6 Å². The van der Waals surface area contributed by atoms with Crippen molar-refractivity contribution in [3.05, 3.63) is 29.8 Å². The Labute approximate surface area is 141 Å². The minimum Gasteiger partial charge on any atom is -0.497 e. The van der Waals surface area contributed by atoms with Crippen LogP contribution in [0.3, 0.4) is 0 Å². The van der Waals surface area contributed by atoms with Crippen molar-refractivity contribution < 1.29 is 19.1 Å². The number of nitrogens with zero attached hydrogens (tertiary/aromatic N) is 1. The molecule has 0 radical (unpaired) electrons. The van der Waals surface area contributed by atoms with Crippen LogP contribution in [-0.2, 0) is 14.3 Å². The highest BCUT2D eigenvalue weighted by Gasteiger charge is 2.33. The van der Waals surface area contributed by atoms with Crippen molar-refractivity contribution in [3.63, 3.8) is 0 Å². The zero-order valence-corrected chi connectivity index (χ0v) is 14.8. The first-order chi connectivity index (χ1) is 10.8. The summed E-state index contributed by atoms with van der Waals surface area (Å²) in [7, 11) is 1.62. The number of carbonyl (C=O) groups is 2. The number of rotatable bonds is 5. The molecular formula is C17H23NO4S. The molecule has 1 aliphatic rings. The molecule has 0 spiro atoms. The summed E-state index contributed by atoms with van der Waals surface area (Å²) in [6.45, 7) is 5.87. The van der Waals surface area contributed by atoms with Crippen LogP contribution in [0.4, 0.5) is 0 Å². The van der Waals surface area contributed by atoms with E-state index >= 15 is 0 Å². The molecule has 5 nitrogen and oxygen atoms in total. The van der Waals surface area contributed by atoms with Crippen LogP contribution in [0.2, 0.25) is 0 Å². The normalized spacial score (nSPS) is 18.2. The van der Waals surface area contributed by atoms with Gasteiger partial charge in [0.1, 0.15) is 16.7 Å². The smallest absolute Gasteiger partial charge is 0.308 e. The molecule has 1 saturated heterocycles. The molecule has 2 rings (SSSR count). The molecule has 1 amide bonds. The third-order valence-corrected chi connectivity index (χ3v) is 4.58. The van der Waals surface area contributed by atoms with Gasteiger partial charge >= 0.3 is 5.97 Å². The standard InChI is InChI=1S/C17H23NO4S/c1-17(2,3)22-15(20)8-9-18-14(19)11-23-16(18)12-6-5-7-13(10-12)21-4/h5-7,10,16H,8-9,11H2,1-4H3. The van der Waals surface area contributed by atoms with E-state index in [2.05, 4.69) is 0 Å². The number of hydrogen-bond donors (Lipinski definition) is 0. The average Bonchev–Trinajstić information content (AvgIpc) is 2.84. The van der Waals surface area contributed by atoms with E-state index < -0.39 is 5.60 Å². The van der Waals surface area contributed by atoms with Gasteiger partial charge in [-0.05, 0) is 38.5 Å². The maximum absolute atomic E-state index is 12.1. The lowest BCUT2D eigenvalue weighted by molar-refractivity contribution is -0.155. The Bertz CT molecular complexity index is 582. The quantitative estimate of drug-likeness (QED) is 0.773. The predicted octanol–water partition coefficient (Wildman–Crippen LogP) is 3.00. The van der Waals surface area contributed by atoms with Crippen LogP contribution >= 0.6 is 11.8 Å². The van der Waals surface area contributed by atoms with E-state index in [1.807, 2.05) is 45.0 Å². The minimum atomic E-state index is -0.507. The van der Waals surface area contributed by atoms with Crippen LogP contribution < -0.4 is 4.74 Å². The summed E-state index contributed by atoms with van der Waals surface area (Å²) in [5.74, 6) is 0.948. The zero-order chi connectivity index (χ0) is 17.0. The number of amides is 1. The van der Waals surface area contributed by atoms with E-state index in [0.717, 1.165) is 11.3 Å². The van der Waals surface area contributed by atoms with Crippen molar-refractivity contribution in [3.8, 4) is 5.75 Å². The fraction of sp³-hybridized carbons (Fsp3) is 0.529. The number of hydrogen-bond acceptors (Lipinski definition) is 5. The Kier molecular flexibility index (Phi) is 5.57. The van der Waals surface area contributed by atoms with Crippen LogP contribution in [-0.4, -0.2) is 41.8 Å². The molecule has 1 aromatic rings. The summed E-state index contributed by atoms with van der Waals surface area (Å²) >= 11 is 1.56. The van der Waals surface area contributed by atoms with Crippen molar-refractivity contribution in [2.75, 3.05) is 19.4 Å². The van der Waals surface area contributed by atoms with Gasteiger partial charge in [-0.3, -0.25) is 9.59 Å². The molecule has 0 saturated carbocycles. The van der Waals surface area contributed by atoms with E-state index in [0.29, 0.717) is 12.3 Å². The van der Waals surface area contributed by atoms with Gasteiger partial charge in [-0.1, -0.05) is 12.1 Å². The Morgan fingerprint density at radius 2 is 2.13 bits per heavy atom. The van der Waals surface area contributed by atoms with Gasteiger partial charge in [0.15, 0.2) is 0 Å². The second-order valence-corrected chi connectivity index (χ2v) is 7.43. The van der Waals surface area contributed by atoms with E-state index in [-0.39, 0.29) is 23.7 Å². The van der Waals surface area contributed by atoms with Gasteiger partial charge in [-0.25, -0.2) is 0 Å². The lowest BCUT2D eigenvalue weighted by Crippen LogP contribution is -2.32. The third-order valence-electron chi connectivity index (χ3n) is 3.32. The second kappa shape index (κ2) is 7.25. The molecule has 1 heterocycles. The molecule has 23 heavy (non-hydrogen) atoms. The number of carbonyl (C=O) groups excluding carboxylic acids is 2. The minimum absolute atomic E-state index is 0.0476. The number of thioether (sulfide) groups is 1.